The molecule has 1 saturated heterocycles. The van der Waals surface area contributed by atoms with Crippen molar-refractivity contribution in [2.45, 2.75) is 19.5 Å². The summed E-state index contributed by atoms with van der Waals surface area (Å²) in [5.74, 6) is -0.0306. The molecule has 1 fully saturated rings. The molecule has 0 spiro atoms. The van der Waals surface area contributed by atoms with E-state index in [1.54, 1.807) is 12.1 Å². The lowest BCUT2D eigenvalue weighted by Gasteiger charge is -2.24. The number of carbonyl (C=O) groups excluding carboxylic acids is 1. The smallest absolute Gasteiger partial charge is 0.224 e. The maximum absolute atomic E-state index is 12.3. The quantitative estimate of drug-likeness (QED) is 0.790. The van der Waals surface area contributed by atoms with Crippen molar-refractivity contribution in [2.24, 2.45) is 0 Å². The molecule has 1 aliphatic heterocycles. The zero-order chi connectivity index (χ0) is 18.4. The van der Waals surface area contributed by atoms with Crippen LogP contribution in [-0.4, -0.2) is 32.2 Å². The molecule has 0 saturated carbocycles. The summed E-state index contributed by atoms with van der Waals surface area (Å²) in [6, 6.07) is 13.6. The van der Waals surface area contributed by atoms with Crippen LogP contribution >= 0.6 is 23.2 Å². The van der Waals surface area contributed by atoms with Crippen LogP contribution < -0.4 is 10.2 Å². The van der Waals surface area contributed by atoms with Crippen LogP contribution in [0.25, 0.3) is 0 Å². The van der Waals surface area contributed by atoms with Crippen molar-refractivity contribution in [2.75, 3.05) is 26.3 Å². The fourth-order valence-electron chi connectivity index (χ4n) is 3.10. The molecular formula is C20H23Cl2N2O2+. The first-order chi connectivity index (χ1) is 12.6. The lowest BCUT2D eigenvalue weighted by Crippen LogP contribution is -3.12. The Hall–Kier alpha value is -1.59. The monoisotopic (exact) mass is 393 g/mol. The van der Waals surface area contributed by atoms with Gasteiger partial charge in [-0.25, -0.2) is 0 Å². The first kappa shape index (κ1) is 19.2. The van der Waals surface area contributed by atoms with Crippen LogP contribution in [0.4, 0.5) is 0 Å². The molecule has 1 aliphatic rings. The molecule has 0 bridgehead atoms. The molecule has 0 aromatic heterocycles. The summed E-state index contributed by atoms with van der Waals surface area (Å²) in [6.07, 6.45) is 0.285. The predicted octanol–water partition coefficient (Wildman–Crippen LogP) is 2.27. The number of rotatable bonds is 6. The highest BCUT2D eigenvalue weighted by Crippen LogP contribution is 2.22. The Bertz CT molecular complexity index is 761. The molecule has 4 nitrogen and oxygen atoms in total. The highest BCUT2D eigenvalue weighted by Gasteiger charge is 2.16. The Labute approximate surface area is 164 Å². The van der Waals surface area contributed by atoms with Gasteiger partial charge in [0.1, 0.15) is 19.6 Å². The van der Waals surface area contributed by atoms with Gasteiger partial charge in [0.25, 0.3) is 0 Å². The number of carbonyl (C=O) groups is 1. The third kappa shape index (κ3) is 5.45. The van der Waals surface area contributed by atoms with Gasteiger partial charge >= 0.3 is 0 Å². The van der Waals surface area contributed by atoms with Crippen molar-refractivity contribution in [3.05, 3.63) is 69.2 Å². The average molecular weight is 394 g/mol. The Morgan fingerprint density at radius 2 is 1.77 bits per heavy atom. The molecule has 2 aromatic carbocycles. The zero-order valence-corrected chi connectivity index (χ0v) is 16.1. The molecule has 1 amide bonds. The van der Waals surface area contributed by atoms with Crippen LogP contribution in [0.15, 0.2) is 42.5 Å². The second kappa shape index (κ2) is 9.38. The first-order valence-corrected chi connectivity index (χ1v) is 9.56. The summed E-state index contributed by atoms with van der Waals surface area (Å²) < 4.78 is 5.42. The van der Waals surface area contributed by atoms with Crippen molar-refractivity contribution < 1.29 is 14.4 Å². The van der Waals surface area contributed by atoms with Crippen molar-refractivity contribution in [1.82, 2.24) is 5.32 Å². The molecule has 3 rings (SSSR count). The van der Waals surface area contributed by atoms with Crippen molar-refractivity contribution in [3.63, 3.8) is 0 Å². The van der Waals surface area contributed by atoms with Gasteiger partial charge in [0.2, 0.25) is 5.91 Å². The Balaban J connectivity index is 1.56. The first-order valence-electron chi connectivity index (χ1n) is 8.80. The highest BCUT2D eigenvalue weighted by atomic mass is 35.5. The number of morpholine rings is 1. The van der Waals surface area contributed by atoms with Crippen LogP contribution in [-0.2, 0) is 29.0 Å². The average Bonchev–Trinajstić information content (AvgIpc) is 2.65. The second-order valence-electron chi connectivity index (χ2n) is 6.51. The van der Waals surface area contributed by atoms with E-state index >= 15 is 0 Å². The summed E-state index contributed by atoms with van der Waals surface area (Å²) in [7, 11) is 0. The number of hydrogen-bond acceptors (Lipinski definition) is 2. The van der Waals surface area contributed by atoms with Gasteiger partial charge in [0.15, 0.2) is 0 Å². The van der Waals surface area contributed by atoms with E-state index in [-0.39, 0.29) is 12.3 Å². The minimum absolute atomic E-state index is 0.0306. The normalized spacial score (nSPS) is 15.0. The van der Waals surface area contributed by atoms with Gasteiger partial charge in [-0.05, 0) is 23.3 Å². The van der Waals surface area contributed by atoms with E-state index in [9.17, 15) is 4.79 Å². The lowest BCUT2D eigenvalue weighted by molar-refractivity contribution is -0.921. The van der Waals surface area contributed by atoms with Crippen LogP contribution in [0.2, 0.25) is 10.0 Å². The van der Waals surface area contributed by atoms with E-state index < -0.39 is 0 Å². The van der Waals surface area contributed by atoms with E-state index in [1.807, 2.05) is 12.1 Å². The third-order valence-electron chi connectivity index (χ3n) is 4.58. The minimum Gasteiger partial charge on any atom is -0.370 e. The largest absolute Gasteiger partial charge is 0.370 e. The van der Waals surface area contributed by atoms with Crippen LogP contribution in [0.3, 0.4) is 0 Å². The maximum atomic E-state index is 12.3. The zero-order valence-electron chi connectivity index (χ0n) is 14.6. The third-order valence-corrected chi connectivity index (χ3v) is 5.32. The molecule has 138 valence electrons. The maximum Gasteiger partial charge on any atom is 0.224 e. The number of nitrogens with one attached hydrogen (secondary N) is 2. The van der Waals surface area contributed by atoms with Crippen molar-refractivity contribution >= 4 is 29.1 Å². The Morgan fingerprint density at radius 1 is 1.04 bits per heavy atom. The second-order valence-corrected chi connectivity index (χ2v) is 7.32. The molecule has 1 heterocycles. The summed E-state index contributed by atoms with van der Waals surface area (Å²) in [5, 5.41) is 3.97. The number of benzene rings is 2. The lowest BCUT2D eigenvalue weighted by atomic mass is 10.1. The van der Waals surface area contributed by atoms with Gasteiger partial charge in [-0.1, -0.05) is 53.5 Å². The van der Waals surface area contributed by atoms with Crippen molar-refractivity contribution in [3.8, 4) is 0 Å². The van der Waals surface area contributed by atoms with Gasteiger partial charge in [-0.2, -0.15) is 0 Å². The molecule has 6 heteroatoms. The molecule has 0 radical (unpaired) electrons. The topological polar surface area (TPSA) is 42.8 Å². The van der Waals surface area contributed by atoms with Gasteiger partial charge in [0, 0.05) is 12.1 Å². The van der Waals surface area contributed by atoms with Crippen molar-refractivity contribution in [1.29, 1.82) is 0 Å². The number of amides is 1. The molecule has 26 heavy (non-hydrogen) atoms. The fourth-order valence-corrected chi connectivity index (χ4v) is 3.42. The van der Waals surface area contributed by atoms with E-state index in [2.05, 4.69) is 23.5 Å². The van der Waals surface area contributed by atoms with Crippen LogP contribution in [0.1, 0.15) is 16.7 Å². The SMILES string of the molecule is O=C(Cc1ccc(Cl)c(Cl)c1)NCc1ccccc1C[NH+]1CCOCC1. The van der Waals surface area contributed by atoms with E-state index in [0.717, 1.165) is 44.0 Å². The molecule has 2 N–H and O–H groups in total. The van der Waals surface area contributed by atoms with E-state index in [0.29, 0.717) is 16.6 Å². The molecule has 0 unspecified atom stereocenters. The highest BCUT2D eigenvalue weighted by molar-refractivity contribution is 6.42. The fraction of sp³-hybridized carbons (Fsp3) is 0.350. The van der Waals surface area contributed by atoms with E-state index in [4.69, 9.17) is 27.9 Å². The van der Waals surface area contributed by atoms with Gasteiger partial charge in [0.05, 0.1) is 29.7 Å². The molecule has 0 atom stereocenters. The number of quaternary nitrogens is 1. The van der Waals surface area contributed by atoms with Gasteiger partial charge in [-0.3, -0.25) is 4.79 Å². The Kier molecular flexibility index (Phi) is 6.92. The van der Waals surface area contributed by atoms with Crippen LogP contribution in [0.5, 0.6) is 0 Å². The summed E-state index contributed by atoms with van der Waals surface area (Å²) in [6.45, 7) is 5.17. The summed E-state index contributed by atoms with van der Waals surface area (Å²) in [5.41, 5.74) is 3.29. The number of halogens is 2. The Morgan fingerprint density at radius 3 is 2.50 bits per heavy atom. The van der Waals surface area contributed by atoms with Gasteiger partial charge < -0.3 is 15.0 Å². The molecule has 2 aromatic rings. The molecule has 0 aliphatic carbocycles. The van der Waals surface area contributed by atoms with Gasteiger partial charge in [-0.15, -0.1) is 0 Å². The predicted molar refractivity (Wildman–Crippen MR) is 104 cm³/mol. The summed E-state index contributed by atoms with van der Waals surface area (Å²) in [4.78, 5) is 13.8. The minimum atomic E-state index is -0.0306. The number of hydrogen-bond donors (Lipinski definition) is 2. The standard InChI is InChI=1S/C20H22Cl2N2O2/c21-18-6-5-15(11-19(18)22)12-20(25)23-13-16-3-1-2-4-17(16)14-24-7-9-26-10-8-24/h1-6,11H,7-10,12-14H2,(H,23,25)/p+1. The summed E-state index contributed by atoms with van der Waals surface area (Å²) >= 11 is 11.9. The van der Waals surface area contributed by atoms with Crippen LogP contribution in [0, 0.1) is 0 Å². The van der Waals surface area contributed by atoms with E-state index in [1.165, 1.54) is 10.5 Å². The molecular weight excluding hydrogens is 371 g/mol. The number of ether oxygens (including phenoxy) is 1.